The molecule has 0 saturated carbocycles. The fourth-order valence-electron chi connectivity index (χ4n) is 2.47. The molecular formula is C17H19N3O2. The SMILES string of the molecule is CC(=O)CCc1ccc(N2Nc3ccc(C)cc3N2)c(O)c1. The van der Waals surface area contributed by atoms with Gasteiger partial charge in [0.15, 0.2) is 0 Å². The maximum atomic E-state index is 11.0. The molecule has 5 nitrogen and oxygen atoms in total. The van der Waals surface area contributed by atoms with Crippen LogP contribution in [0.1, 0.15) is 24.5 Å². The van der Waals surface area contributed by atoms with Gasteiger partial charge in [-0.25, -0.2) is 0 Å². The first-order valence-electron chi connectivity index (χ1n) is 7.28. The summed E-state index contributed by atoms with van der Waals surface area (Å²) in [4.78, 5) is 11.0. The minimum absolute atomic E-state index is 0.150. The number of nitrogens with zero attached hydrogens (tertiary/aromatic N) is 1. The summed E-state index contributed by atoms with van der Waals surface area (Å²) < 4.78 is 0. The summed E-state index contributed by atoms with van der Waals surface area (Å²) in [5.41, 5.74) is 11.1. The van der Waals surface area contributed by atoms with E-state index in [9.17, 15) is 9.90 Å². The van der Waals surface area contributed by atoms with Crippen LogP contribution in [0.2, 0.25) is 0 Å². The standard InChI is InChI=1S/C17H19N3O2/c1-11-3-7-14-15(9-11)19-20(18-14)16-8-6-13(10-17(16)22)5-4-12(2)21/h3,6-10,18-19,22H,4-5H2,1-2H3. The Morgan fingerprint density at radius 2 is 1.91 bits per heavy atom. The fourth-order valence-corrected chi connectivity index (χ4v) is 2.47. The van der Waals surface area contributed by atoms with Crippen LogP contribution < -0.4 is 16.0 Å². The Kier molecular flexibility index (Phi) is 3.63. The van der Waals surface area contributed by atoms with Crippen LogP contribution in [-0.2, 0) is 11.2 Å². The molecule has 114 valence electrons. The number of fused-ring (bicyclic) bond motifs is 1. The molecule has 0 atom stereocenters. The van der Waals surface area contributed by atoms with Gasteiger partial charge >= 0.3 is 0 Å². The predicted octanol–water partition coefficient (Wildman–Crippen LogP) is 3.40. The van der Waals surface area contributed by atoms with Crippen molar-refractivity contribution in [2.75, 3.05) is 16.0 Å². The Hall–Kier alpha value is -2.69. The second-order valence-corrected chi connectivity index (χ2v) is 5.63. The van der Waals surface area contributed by atoms with Crippen LogP contribution in [0.5, 0.6) is 5.75 Å². The largest absolute Gasteiger partial charge is 0.506 e. The zero-order chi connectivity index (χ0) is 15.7. The Bertz CT molecular complexity index is 728. The number of aromatic hydroxyl groups is 1. The van der Waals surface area contributed by atoms with Gasteiger partial charge in [0.1, 0.15) is 17.2 Å². The van der Waals surface area contributed by atoms with Gasteiger partial charge in [-0.2, -0.15) is 5.12 Å². The van der Waals surface area contributed by atoms with Crippen LogP contribution >= 0.6 is 0 Å². The lowest BCUT2D eigenvalue weighted by Gasteiger charge is -2.20. The Morgan fingerprint density at radius 3 is 2.64 bits per heavy atom. The Morgan fingerprint density at radius 1 is 1.14 bits per heavy atom. The van der Waals surface area contributed by atoms with Gasteiger partial charge in [0.05, 0.1) is 11.4 Å². The molecule has 3 N–H and O–H groups in total. The number of benzene rings is 2. The van der Waals surface area contributed by atoms with E-state index in [-0.39, 0.29) is 11.5 Å². The Labute approximate surface area is 129 Å². The molecule has 2 aromatic carbocycles. The molecular weight excluding hydrogens is 278 g/mol. The summed E-state index contributed by atoms with van der Waals surface area (Å²) in [6.45, 7) is 3.61. The van der Waals surface area contributed by atoms with Crippen molar-refractivity contribution in [3.05, 3.63) is 47.5 Å². The zero-order valence-corrected chi connectivity index (χ0v) is 12.7. The van der Waals surface area contributed by atoms with Crippen molar-refractivity contribution in [3.63, 3.8) is 0 Å². The molecule has 5 heteroatoms. The first kappa shape index (κ1) is 14.3. The minimum atomic E-state index is 0.150. The molecule has 22 heavy (non-hydrogen) atoms. The van der Waals surface area contributed by atoms with Gasteiger partial charge in [0.2, 0.25) is 0 Å². The molecule has 0 amide bonds. The topological polar surface area (TPSA) is 64.6 Å². The molecule has 1 heterocycles. The molecule has 0 spiro atoms. The van der Waals surface area contributed by atoms with Gasteiger partial charge in [-0.3, -0.25) is 10.9 Å². The van der Waals surface area contributed by atoms with Crippen LogP contribution in [-0.4, -0.2) is 10.9 Å². The highest BCUT2D eigenvalue weighted by atomic mass is 16.3. The van der Waals surface area contributed by atoms with Crippen LogP contribution in [0.3, 0.4) is 0 Å². The second kappa shape index (κ2) is 5.60. The number of Topliss-reactive ketones (excluding diaryl/α,β-unsaturated/α-hetero) is 1. The third kappa shape index (κ3) is 2.83. The number of anilines is 3. The van der Waals surface area contributed by atoms with Crippen LogP contribution in [0.25, 0.3) is 0 Å². The molecule has 0 aromatic heterocycles. The van der Waals surface area contributed by atoms with Crippen LogP contribution in [0, 0.1) is 6.92 Å². The van der Waals surface area contributed by atoms with Gasteiger partial charge in [0.25, 0.3) is 0 Å². The van der Waals surface area contributed by atoms with E-state index in [2.05, 4.69) is 10.9 Å². The van der Waals surface area contributed by atoms with Crippen molar-refractivity contribution in [2.24, 2.45) is 0 Å². The summed E-state index contributed by atoms with van der Waals surface area (Å²) >= 11 is 0. The van der Waals surface area contributed by atoms with Crippen molar-refractivity contribution in [1.29, 1.82) is 0 Å². The number of hydrogen-bond acceptors (Lipinski definition) is 5. The van der Waals surface area contributed by atoms with Crippen molar-refractivity contribution in [1.82, 2.24) is 0 Å². The maximum absolute atomic E-state index is 11.0. The quantitative estimate of drug-likeness (QED) is 0.807. The number of hydrazine groups is 2. The van der Waals surface area contributed by atoms with Gasteiger partial charge in [0, 0.05) is 6.42 Å². The van der Waals surface area contributed by atoms with E-state index >= 15 is 0 Å². The third-order valence-electron chi connectivity index (χ3n) is 3.69. The molecule has 0 radical (unpaired) electrons. The van der Waals surface area contributed by atoms with E-state index in [1.807, 2.05) is 37.3 Å². The first-order valence-corrected chi connectivity index (χ1v) is 7.28. The van der Waals surface area contributed by atoms with E-state index in [0.717, 1.165) is 16.9 Å². The van der Waals surface area contributed by atoms with E-state index in [1.54, 1.807) is 18.1 Å². The van der Waals surface area contributed by atoms with Crippen LogP contribution in [0.4, 0.5) is 17.1 Å². The number of ketones is 1. The fraction of sp³-hybridized carbons (Fsp3) is 0.235. The minimum Gasteiger partial charge on any atom is -0.506 e. The average molecular weight is 297 g/mol. The molecule has 1 aliphatic rings. The monoisotopic (exact) mass is 297 g/mol. The highest BCUT2D eigenvalue weighted by Crippen LogP contribution is 2.35. The number of phenols is 1. The molecule has 0 saturated heterocycles. The lowest BCUT2D eigenvalue weighted by molar-refractivity contribution is -0.116. The molecule has 0 unspecified atom stereocenters. The number of rotatable bonds is 4. The highest BCUT2D eigenvalue weighted by molar-refractivity contribution is 5.81. The number of carbonyl (C=O) groups is 1. The van der Waals surface area contributed by atoms with Crippen LogP contribution in [0.15, 0.2) is 36.4 Å². The smallest absolute Gasteiger partial charge is 0.143 e. The van der Waals surface area contributed by atoms with E-state index in [0.29, 0.717) is 18.5 Å². The molecule has 0 bridgehead atoms. The van der Waals surface area contributed by atoms with Gasteiger partial charge < -0.3 is 9.90 Å². The number of carbonyl (C=O) groups excluding carboxylic acids is 1. The summed E-state index contributed by atoms with van der Waals surface area (Å²) in [7, 11) is 0. The zero-order valence-electron chi connectivity index (χ0n) is 12.7. The number of nitrogens with one attached hydrogen (secondary N) is 2. The Balaban J connectivity index is 1.78. The maximum Gasteiger partial charge on any atom is 0.143 e. The second-order valence-electron chi connectivity index (χ2n) is 5.63. The van der Waals surface area contributed by atoms with Gasteiger partial charge in [-0.05, 0) is 55.7 Å². The highest BCUT2D eigenvalue weighted by Gasteiger charge is 2.20. The third-order valence-corrected chi connectivity index (χ3v) is 3.69. The molecule has 2 aromatic rings. The lowest BCUT2D eigenvalue weighted by Crippen LogP contribution is -2.29. The van der Waals surface area contributed by atoms with Crippen molar-refractivity contribution >= 4 is 22.8 Å². The van der Waals surface area contributed by atoms with Crippen molar-refractivity contribution < 1.29 is 9.90 Å². The molecule has 1 aliphatic heterocycles. The molecule has 0 aliphatic carbocycles. The summed E-state index contributed by atoms with van der Waals surface area (Å²) in [6, 6.07) is 11.5. The summed E-state index contributed by atoms with van der Waals surface area (Å²) in [5.74, 6) is 0.322. The van der Waals surface area contributed by atoms with E-state index in [4.69, 9.17) is 0 Å². The van der Waals surface area contributed by atoms with E-state index in [1.165, 1.54) is 5.56 Å². The lowest BCUT2D eigenvalue weighted by atomic mass is 10.1. The molecule has 0 fully saturated rings. The predicted molar refractivity (Wildman–Crippen MR) is 88.0 cm³/mol. The van der Waals surface area contributed by atoms with Gasteiger partial charge in [-0.15, -0.1) is 0 Å². The number of phenolic OH excluding ortho intramolecular Hbond substituents is 1. The first-order chi connectivity index (χ1) is 10.5. The average Bonchev–Trinajstić information content (AvgIpc) is 2.87. The van der Waals surface area contributed by atoms with E-state index < -0.39 is 0 Å². The molecule has 3 rings (SSSR count). The number of aryl methyl sites for hydroxylation is 2. The normalized spacial score (nSPS) is 12.5. The summed E-state index contributed by atoms with van der Waals surface area (Å²) in [5, 5.41) is 11.9. The number of hydrogen-bond donors (Lipinski definition) is 3. The van der Waals surface area contributed by atoms with Gasteiger partial charge in [-0.1, -0.05) is 12.1 Å². The van der Waals surface area contributed by atoms with Crippen molar-refractivity contribution in [2.45, 2.75) is 26.7 Å². The van der Waals surface area contributed by atoms with Crippen molar-refractivity contribution in [3.8, 4) is 5.75 Å². The summed E-state index contributed by atoms with van der Waals surface area (Å²) in [6.07, 6.45) is 1.13.